The first-order valence-electron chi connectivity index (χ1n) is 5.76. The third-order valence-electron chi connectivity index (χ3n) is 3.38. The fraction of sp³-hybridized carbons (Fsp3) is 0.538. The number of fused-ring (bicyclic) bond motifs is 1. The van der Waals surface area contributed by atoms with Gasteiger partial charge >= 0.3 is 0 Å². The van der Waals surface area contributed by atoms with E-state index in [0.29, 0.717) is 0 Å². The third kappa shape index (κ3) is 1.87. The molecular formula is C13H15BrO2. The third-order valence-corrected chi connectivity index (χ3v) is 3.84. The van der Waals surface area contributed by atoms with E-state index < -0.39 is 5.60 Å². The van der Waals surface area contributed by atoms with Crippen LogP contribution in [0.25, 0.3) is 0 Å². The summed E-state index contributed by atoms with van der Waals surface area (Å²) in [6.45, 7) is 2.09. The van der Waals surface area contributed by atoms with Crippen LogP contribution in [0.2, 0.25) is 0 Å². The van der Waals surface area contributed by atoms with Gasteiger partial charge in [-0.25, -0.2) is 0 Å². The van der Waals surface area contributed by atoms with Gasteiger partial charge in [0.1, 0.15) is 11.9 Å². The van der Waals surface area contributed by atoms with Crippen LogP contribution >= 0.6 is 15.9 Å². The molecule has 0 bridgehead atoms. The zero-order chi connectivity index (χ0) is 11.3. The van der Waals surface area contributed by atoms with E-state index in [9.17, 15) is 5.11 Å². The summed E-state index contributed by atoms with van der Waals surface area (Å²) in [6, 6.07) is 4.20. The first kappa shape index (κ1) is 10.6. The van der Waals surface area contributed by atoms with Crippen molar-refractivity contribution < 1.29 is 9.84 Å². The maximum absolute atomic E-state index is 10.00. The highest BCUT2D eigenvalue weighted by molar-refractivity contribution is 9.10. The Morgan fingerprint density at radius 1 is 1.50 bits per heavy atom. The molecule has 1 aliphatic heterocycles. The van der Waals surface area contributed by atoms with Crippen molar-refractivity contribution in [3.63, 3.8) is 0 Å². The van der Waals surface area contributed by atoms with Crippen molar-refractivity contribution in [3.05, 3.63) is 27.7 Å². The summed E-state index contributed by atoms with van der Waals surface area (Å²) in [7, 11) is 0. The van der Waals surface area contributed by atoms with Crippen molar-refractivity contribution >= 4 is 15.9 Å². The van der Waals surface area contributed by atoms with E-state index in [1.807, 2.05) is 0 Å². The maximum Gasteiger partial charge on any atom is 0.126 e. The van der Waals surface area contributed by atoms with Gasteiger partial charge in [-0.05, 0) is 43.0 Å². The number of hydrogen-bond acceptors (Lipinski definition) is 2. The van der Waals surface area contributed by atoms with Crippen molar-refractivity contribution in [1.29, 1.82) is 0 Å². The fourth-order valence-electron chi connectivity index (χ4n) is 2.37. The molecule has 1 aromatic rings. The maximum atomic E-state index is 10.00. The normalized spacial score (nSPS) is 25.1. The van der Waals surface area contributed by atoms with Crippen LogP contribution in [0.3, 0.4) is 0 Å². The molecule has 16 heavy (non-hydrogen) atoms. The number of hydrogen-bond donors (Lipinski definition) is 1. The van der Waals surface area contributed by atoms with Crippen LogP contribution < -0.4 is 4.74 Å². The lowest BCUT2D eigenvalue weighted by Gasteiger charge is -2.13. The molecule has 0 amide bonds. The Morgan fingerprint density at radius 3 is 2.94 bits per heavy atom. The summed E-state index contributed by atoms with van der Waals surface area (Å²) in [5.74, 6) is 1.01. The van der Waals surface area contributed by atoms with Gasteiger partial charge in [0.05, 0.1) is 5.60 Å². The lowest BCUT2D eigenvalue weighted by molar-refractivity contribution is 0.149. The van der Waals surface area contributed by atoms with Gasteiger partial charge in [-0.2, -0.15) is 0 Å². The predicted molar refractivity (Wildman–Crippen MR) is 65.8 cm³/mol. The van der Waals surface area contributed by atoms with E-state index in [-0.39, 0.29) is 6.10 Å². The average molecular weight is 283 g/mol. The standard InChI is InChI=1S/C13H15BrO2/c1-8-4-9-5-11(14)6-10(12(9)16-8)7-13(15)2-3-13/h5-6,8,15H,2-4,7H2,1H3. The van der Waals surface area contributed by atoms with Crippen LogP contribution in [-0.4, -0.2) is 16.8 Å². The molecule has 2 aliphatic rings. The van der Waals surface area contributed by atoms with Crippen LogP contribution in [-0.2, 0) is 12.8 Å². The topological polar surface area (TPSA) is 29.5 Å². The van der Waals surface area contributed by atoms with Crippen molar-refractivity contribution in [3.8, 4) is 5.75 Å². The van der Waals surface area contributed by atoms with Gasteiger partial charge in [-0.1, -0.05) is 15.9 Å². The molecule has 1 atom stereocenters. The number of benzene rings is 1. The number of rotatable bonds is 2. The van der Waals surface area contributed by atoms with Crippen LogP contribution in [0, 0.1) is 0 Å². The molecule has 2 nitrogen and oxygen atoms in total. The molecule has 3 rings (SSSR count). The van der Waals surface area contributed by atoms with Gasteiger partial charge in [-0.3, -0.25) is 0 Å². The average Bonchev–Trinajstić information content (AvgIpc) is 2.76. The van der Waals surface area contributed by atoms with Crippen LogP contribution in [0.4, 0.5) is 0 Å². The van der Waals surface area contributed by atoms with Gasteiger partial charge in [0, 0.05) is 17.3 Å². The summed E-state index contributed by atoms with van der Waals surface area (Å²) in [5, 5.41) is 10.00. The quantitative estimate of drug-likeness (QED) is 0.904. The van der Waals surface area contributed by atoms with E-state index in [4.69, 9.17) is 4.74 Å². The molecule has 1 heterocycles. The molecule has 86 valence electrons. The Hall–Kier alpha value is -0.540. The van der Waals surface area contributed by atoms with Crippen molar-refractivity contribution in [2.24, 2.45) is 0 Å². The van der Waals surface area contributed by atoms with Gasteiger partial charge < -0.3 is 9.84 Å². The Kier molecular flexibility index (Phi) is 2.30. The Balaban J connectivity index is 1.98. The van der Waals surface area contributed by atoms with E-state index in [0.717, 1.165) is 41.5 Å². The van der Waals surface area contributed by atoms with E-state index in [1.54, 1.807) is 0 Å². The first-order valence-corrected chi connectivity index (χ1v) is 6.55. The number of ether oxygens (including phenoxy) is 1. The highest BCUT2D eigenvalue weighted by Crippen LogP contribution is 2.43. The molecule has 1 fully saturated rings. The first-order chi connectivity index (χ1) is 7.56. The smallest absolute Gasteiger partial charge is 0.126 e. The zero-order valence-corrected chi connectivity index (χ0v) is 10.9. The summed E-state index contributed by atoms with van der Waals surface area (Å²) in [4.78, 5) is 0. The van der Waals surface area contributed by atoms with Crippen LogP contribution in [0.5, 0.6) is 5.75 Å². The van der Waals surface area contributed by atoms with Crippen molar-refractivity contribution in [2.45, 2.75) is 44.3 Å². The minimum atomic E-state index is -0.455. The number of halogens is 1. The fourth-order valence-corrected chi connectivity index (χ4v) is 2.93. The van der Waals surface area contributed by atoms with Gasteiger partial charge in [0.25, 0.3) is 0 Å². The van der Waals surface area contributed by atoms with Gasteiger partial charge in [0.15, 0.2) is 0 Å². The molecule has 1 unspecified atom stereocenters. The molecule has 1 aliphatic carbocycles. The van der Waals surface area contributed by atoms with E-state index in [1.165, 1.54) is 5.56 Å². The SMILES string of the molecule is CC1Cc2cc(Br)cc(CC3(O)CC3)c2O1. The second-order valence-corrected chi connectivity index (χ2v) is 6.00. The molecule has 0 radical (unpaired) electrons. The Morgan fingerprint density at radius 2 is 2.25 bits per heavy atom. The second kappa shape index (κ2) is 3.47. The lowest BCUT2D eigenvalue weighted by Crippen LogP contribution is -2.12. The summed E-state index contributed by atoms with van der Waals surface area (Å²) < 4.78 is 6.92. The Labute approximate surface area is 104 Å². The van der Waals surface area contributed by atoms with E-state index >= 15 is 0 Å². The van der Waals surface area contributed by atoms with Crippen molar-refractivity contribution in [1.82, 2.24) is 0 Å². The number of aliphatic hydroxyl groups is 1. The summed E-state index contributed by atoms with van der Waals surface area (Å²) in [6.07, 6.45) is 3.80. The second-order valence-electron chi connectivity index (χ2n) is 5.09. The zero-order valence-electron chi connectivity index (χ0n) is 9.29. The molecular weight excluding hydrogens is 268 g/mol. The van der Waals surface area contributed by atoms with Crippen molar-refractivity contribution in [2.75, 3.05) is 0 Å². The highest BCUT2D eigenvalue weighted by atomic mass is 79.9. The lowest BCUT2D eigenvalue weighted by atomic mass is 10.0. The monoisotopic (exact) mass is 282 g/mol. The van der Waals surface area contributed by atoms with Crippen LogP contribution in [0.1, 0.15) is 30.9 Å². The largest absolute Gasteiger partial charge is 0.490 e. The molecule has 1 N–H and O–H groups in total. The highest BCUT2D eigenvalue weighted by Gasteiger charge is 2.41. The molecule has 1 saturated carbocycles. The van der Waals surface area contributed by atoms with E-state index in [2.05, 4.69) is 35.0 Å². The Bertz CT molecular complexity index is 438. The molecule has 3 heteroatoms. The summed E-state index contributed by atoms with van der Waals surface area (Å²) in [5.41, 5.74) is 1.96. The molecule has 1 aromatic carbocycles. The van der Waals surface area contributed by atoms with Crippen LogP contribution in [0.15, 0.2) is 16.6 Å². The van der Waals surface area contributed by atoms with Gasteiger partial charge in [-0.15, -0.1) is 0 Å². The summed E-state index contributed by atoms with van der Waals surface area (Å²) >= 11 is 3.53. The van der Waals surface area contributed by atoms with Gasteiger partial charge in [0.2, 0.25) is 0 Å². The minimum Gasteiger partial charge on any atom is -0.490 e. The minimum absolute atomic E-state index is 0.261. The molecule has 0 spiro atoms. The molecule has 0 aromatic heterocycles. The molecule has 0 saturated heterocycles. The predicted octanol–water partition coefficient (Wildman–Crippen LogP) is 2.84.